The second-order valence-corrected chi connectivity index (χ2v) is 10.9. The van der Waals surface area contributed by atoms with E-state index in [1.54, 1.807) is 47.6 Å². The largest absolute Gasteiger partial charge is 0.321 e. The van der Waals surface area contributed by atoms with Gasteiger partial charge in [-0.15, -0.1) is 0 Å². The fraction of sp³-hybridized carbons (Fsp3) is 0.423. The van der Waals surface area contributed by atoms with E-state index in [1.165, 1.54) is 10.7 Å². The van der Waals surface area contributed by atoms with Gasteiger partial charge in [-0.2, -0.15) is 9.40 Å². The number of amides is 1. The summed E-state index contributed by atoms with van der Waals surface area (Å²) >= 11 is 0. The Morgan fingerprint density at radius 3 is 2.40 bits per heavy atom. The number of carbonyl (C=O) groups is 1. The lowest BCUT2D eigenvalue weighted by atomic mass is 10.1. The molecule has 1 aromatic heterocycles. The topological polar surface area (TPSA) is 101 Å². The number of benzene rings is 2. The van der Waals surface area contributed by atoms with Crippen LogP contribution in [-0.4, -0.2) is 41.5 Å². The van der Waals surface area contributed by atoms with E-state index in [1.807, 2.05) is 6.92 Å². The molecule has 1 fully saturated rings. The summed E-state index contributed by atoms with van der Waals surface area (Å²) < 4.78 is 29.7. The summed E-state index contributed by atoms with van der Waals surface area (Å²) in [5.74, 6) is -0.492. The maximum atomic E-state index is 13.4. The summed E-state index contributed by atoms with van der Waals surface area (Å²) in [5, 5.41) is 8.07. The van der Waals surface area contributed by atoms with Crippen LogP contribution in [0, 0.1) is 6.92 Å². The Morgan fingerprint density at radius 1 is 1.03 bits per heavy atom. The van der Waals surface area contributed by atoms with Gasteiger partial charge in [0.05, 0.1) is 10.3 Å². The van der Waals surface area contributed by atoms with Crippen LogP contribution in [0.3, 0.4) is 0 Å². The third-order valence-corrected chi connectivity index (χ3v) is 8.48. The molecule has 2 heterocycles. The Morgan fingerprint density at radius 2 is 1.71 bits per heavy atom. The monoisotopic (exact) mass is 496 g/mol. The lowest BCUT2D eigenvalue weighted by molar-refractivity contribution is 0.102. The molecule has 1 saturated heterocycles. The van der Waals surface area contributed by atoms with Crippen molar-refractivity contribution in [2.24, 2.45) is 0 Å². The summed E-state index contributed by atoms with van der Waals surface area (Å²) in [4.78, 5) is 26.3. The number of aryl methyl sites for hydroxylation is 2. The molecule has 0 unspecified atom stereocenters. The van der Waals surface area contributed by atoms with Crippen molar-refractivity contribution in [1.82, 2.24) is 14.1 Å². The molecule has 0 bridgehead atoms. The number of nitrogens with one attached hydrogen (secondary N) is 1. The first kappa shape index (κ1) is 25.1. The summed E-state index contributed by atoms with van der Waals surface area (Å²) in [6, 6.07) is 11.8. The number of aromatic nitrogens is 2. The molecule has 0 radical (unpaired) electrons. The van der Waals surface area contributed by atoms with Gasteiger partial charge in [0.15, 0.2) is 5.69 Å². The first-order valence-corrected chi connectivity index (χ1v) is 13.7. The molecule has 0 atom stereocenters. The standard InChI is InChI=1S/C26H32N4O4S/c1-3-4-17-30-26(32)22-12-8-7-11-21(22)24(28-30)25(31)27-20-14-13-19(2)23(18-20)35(33,34)29-15-9-5-6-10-16-29/h7-8,11-14,18H,3-6,9-10,15-17H2,1-2H3,(H,27,31). The van der Waals surface area contributed by atoms with Crippen molar-refractivity contribution < 1.29 is 13.2 Å². The molecule has 0 saturated carbocycles. The zero-order valence-electron chi connectivity index (χ0n) is 20.3. The minimum absolute atomic E-state index is 0.133. The van der Waals surface area contributed by atoms with E-state index in [0.29, 0.717) is 41.7 Å². The average Bonchev–Trinajstić information content (AvgIpc) is 3.15. The first-order valence-electron chi connectivity index (χ1n) is 12.2. The number of hydrogen-bond donors (Lipinski definition) is 1. The number of sulfonamides is 1. The fourth-order valence-electron chi connectivity index (χ4n) is 4.43. The smallest absolute Gasteiger partial charge is 0.276 e. The van der Waals surface area contributed by atoms with Crippen molar-refractivity contribution in [2.75, 3.05) is 18.4 Å². The fourth-order valence-corrected chi connectivity index (χ4v) is 6.20. The van der Waals surface area contributed by atoms with Gasteiger partial charge in [0, 0.05) is 30.7 Å². The lowest BCUT2D eigenvalue weighted by Crippen LogP contribution is -2.32. The van der Waals surface area contributed by atoms with Crippen LogP contribution in [0.5, 0.6) is 0 Å². The summed E-state index contributed by atoms with van der Waals surface area (Å²) in [5.41, 5.74) is 0.899. The van der Waals surface area contributed by atoms with Crippen molar-refractivity contribution in [3.05, 3.63) is 64.1 Å². The van der Waals surface area contributed by atoms with Crippen molar-refractivity contribution in [1.29, 1.82) is 0 Å². The molecule has 4 rings (SSSR count). The Kier molecular flexibility index (Phi) is 7.66. The molecule has 9 heteroatoms. The molecule has 1 aliphatic rings. The van der Waals surface area contributed by atoms with Gasteiger partial charge in [-0.3, -0.25) is 9.59 Å². The Bertz CT molecular complexity index is 1390. The molecule has 35 heavy (non-hydrogen) atoms. The Balaban J connectivity index is 1.68. The predicted molar refractivity (Wildman–Crippen MR) is 137 cm³/mol. The van der Waals surface area contributed by atoms with Gasteiger partial charge < -0.3 is 5.32 Å². The van der Waals surface area contributed by atoms with E-state index in [-0.39, 0.29) is 16.1 Å². The second kappa shape index (κ2) is 10.7. The van der Waals surface area contributed by atoms with Crippen molar-refractivity contribution in [3.8, 4) is 0 Å². The molecule has 0 aliphatic carbocycles. The molecule has 1 amide bonds. The summed E-state index contributed by atoms with van der Waals surface area (Å²) in [6.45, 7) is 5.22. The number of rotatable bonds is 7. The highest BCUT2D eigenvalue weighted by molar-refractivity contribution is 7.89. The summed E-state index contributed by atoms with van der Waals surface area (Å²) in [7, 11) is -3.68. The zero-order chi connectivity index (χ0) is 25.0. The van der Waals surface area contributed by atoms with Crippen LogP contribution in [0.4, 0.5) is 5.69 Å². The third kappa shape index (κ3) is 5.31. The second-order valence-electron chi connectivity index (χ2n) is 9.03. The van der Waals surface area contributed by atoms with E-state index in [0.717, 1.165) is 38.5 Å². The van der Waals surface area contributed by atoms with Gasteiger partial charge in [0.1, 0.15) is 0 Å². The van der Waals surface area contributed by atoms with Crippen molar-refractivity contribution in [2.45, 2.75) is 63.8 Å². The molecular formula is C26H32N4O4S. The van der Waals surface area contributed by atoms with Crippen LogP contribution in [0.2, 0.25) is 0 Å². The highest BCUT2D eigenvalue weighted by Crippen LogP contribution is 2.26. The van der Waals surface area contributed by atoms with E-state index in [2.05, 4.69) is 10.4 Å². The lowest BCUT2D eigenvalue weighted by Gasteiger charge is -2.21. The number of carbonyl (C=O) groups excluding carboxylic acids is 1. The molecule has 186 valence electrons. The van der Waals surface area contributed by atoms with Gasteiger partial charge in [-0.1, -0.05) is 50.5 Å². The number of nitrogens with zero attached hydrogens (tertiary/aromatic N) is 3. The van der Waals surface area contributed by atoms with Crippen molar-refractivity contribution in [3.63, 3.8) is 0 Å². The van der Waals surface area contributed by atoms with E-state index < -0.39 is 15.9 Å². The Labute approximate surface area is 206 Å². The average molecular weight is 497 g/mol. The molecule has 3 aromatic rings. The minimum atomic E-state index is -3.68. The first-order chi connectivity index (χ1) is 16.8. The van der Waals surface area contributed by atoms with Crippen LogP contribution in [0.1, 0.15) is 61.5 Å². The molecule has 1 aliphatic heterocycles. The number of fused-ring (bicyclic) bond motifs is 1. The van der Waals surface area contributed by atoms with E-state index in [9.17, 15) is 18.0 Å². The SMILES string of the molecule is CCCCn1nc(C(=O)Nc2ccc(C)c(S(=O)(=O)N3CCCCCC3)c2)c2ccccc2c1=O. The molecule has 2 aromatic carbocycles. The van der Waals surface area contributed by atoms with Gasteiger partial charge in [-0.25, -0.2) is 13.1 Å². The highest BCUT2D eigenvalue weighted by atomic mass is 32.2. The molecule has 0 spiro atoms. The van der Waals surface area contributed by atoms with Gasteiger partial charge in [0.25, 0.3) is 11.5 Å². The maximum absolute atomic E-state index is 13.4. The summed E-state index contributed by atoms with van der Waals surface area (Å²) in [6.07, 6.45) is 5.41. The number of anilines is 1. The minimum Gasteiger partial charge on any atom is -0.321 e. The normalized spacial score (nSPS) is 15.1. The molecular weight excluding hydrogens is 464 g/mol. The Hall–Kier alpha value is -3.04. The van der Waals surface area contributed by atoms with Crippen LogP contribution >= 0.6 is 0 Å². The van der Waals surface area contributed by atoms with Crippen molar-refractivity contribution >= 4 is 32.4 Å². The predicted octanol–water partition coefficient (Wildman–Crippen LogP) is 4.32. The van der Waals surface area contributed by atoms with Gasteiger partial charge in [-0.05, 0) is 49.9 Å². The molecule has 8 nitrogen and oxygen atoms in total. The van der Waals surface area contributed by atoms with Crippen LogP contribution in [0.25, 0.3) is 10.8 Å². The van der Waals surface area contributed by atoms with Crippen LogP contribution < -0.4 is 10.9 Å². The van der Waals surface area contributed by atoms with Crippen LogP contribution in [0.15, 0.2) is 52.2 Å². The van der Waals surface area contributed by atoms with E-state index >= 15 is 0 Å². The highest BCUT2D eigenvalue weighted by Gasteiger charge is 2.27. The number of unbranched alkanes of at least 4 members (excludes halogenated alkanes) is 1. The maximum Gasteiger partial charge on any atom is 0.276 e. The van der Waals surface area contributed by atoms with Gasteiger partial charge in [0.2, 0.25) is 10.0 Å². The van der Waals surface area contributed by atoms with Gasteiger partial charge >= 0.3 is 0 Å². The van der Waals surface area contributed by atoms with E-state index in [4.69, 9.17) is 0 Å². The number of hydrogen-bond acceptors (Lipinski definition) is 5. The third-order valence-electron chi connectivity index (χ3n) is 6.44. The quantitative estimate of drug-likeness (QED) is 0.525. The zero-order valence-corrected chi connectivity index (χ0v) is 21.1. The molecule has 1 N–H and O–H groups in total. The van der Waals surface area contributed by atoms with Crippen LogP contribution in [-0.2, 0) is 16.6 Å².